The summed E-state index contributed by atoms with van der Waals surface area (Å²) in [6, 6.07) is 4.37. The van der Waals surface area contributed by atoms with E-state index < -0.39 is 12.9 Å². The number of benzene rings is 1. The molecule has 0 bridgehead atoms. The first-order valence-electron chi connectivity index (χ1n) is 6.19. The fourth-order valence-corrected chi connectivity index (χ4v) is 2.62. The van der Waals surface area contributed by atoms with Crippen molar-refractivity contribution in [3.8, 4) is 0 Å². The predicted molar refractivity (Wildman–Crippen MR) is 78.2 cm³/mol. The topological polar surface area (TPSA) is 56.6 Å². The molecule has 0 spiro atoms. The molecule has 2 aromatic rings. The second kappa shape index (κ2) is 6.45. The summed E-state index contributed by atoms with van der Waals surface area (Å²) in [6.45, 7) is 3.23. The van der Waals surface area contributed by atoms with Gasteiger partial charge in [0.2, 0.25) is 0 Å². The molecule has 0 saturated carbocycles. The molecule has 106 valence electrons. The maximum atomic E-state index is 13.4. The second-order valence-electron chi connectivity index (χ2n) is 4.76. The molecular formula is C13H16BFN2O2S. The van der Waals surface area contributed by atoms with E-state index in [0.717, 1.165) is 16.3 Å². The molecule has 7 heteroatoms. The molecule has 20 heavy (non-hydrogen) atoms. The second-order valence-corrected chi connectivity index (χ2v) is 5.82. The van der Waals surface area contributed by atoms with Crippen LogP contribution in [-0.4, -0.2) is 34.1 Å². The molecule has 1 heterocycles. The van der Waals surface area contributed by atoms with Crippen LogP contribution in [0.25, 0.3) is 0 Å². The number of hydrogen-bond donors (Lipinski definition) is 2. The summed E-state index contributed by atoms with van der Waals surface area (Å²) in [6.07, 6.45) is 0. The van der Waals surface area contributed by atoms with Crippen LogP contribution < -0.4 is 5.46 Å². The van der Waals surface area contributed by atoms with Crippen molar-refractivity contribution in [2.45, 2.75) is 20.0 Å². The van der Waals surface area contributed by atoms with E-state index in [9.17, 15) is 4.39 Å². The molecule has 0 unspecified atom stereocenters. The Labute approximate surface area is 121 Å². The summed E-state index contributed by atoms with van der Waals surface area (Å²) in [4.78, 5) is 6.43. The predicted octanol–water partition coefficient (Wildman–Crippen LogP) is 0.902. The Balaban J connectivity index is 2.04. The van der Waals surface area contributed by atoms with Gasteiger partial charge in [-0.25, -0.2) is 9.37 Å². The monoisotopic (exact) mass is 294 g/mol. The average molecular weight is 294 g/mol. The van der Waals surface area contributed by atoms with Crippen LogP contribution in [0, 0.1) is 12.7 Å². The average Bonchev–Trinajstić information content (AvgIpc) is 2.76. The van der Waals surface area contributed by atoms with Crippen molar-refractivity contribution >= 4 is 23.9 Å². The minimum Gasteiger partial charge on any atom is -0.423 e. The van der Waals surface area contributed by atoms with E-state index >= 15 is 0 Å². The summed E-state index contributed by atoms with van der Waals surface area (Å²) < 4.78 is 13.4. The Bertz CT molecular complexity index is 592. The summed E-state index contributed by atoms with van der Waals surface area (Å²) >= 11 is 1.61. The molecule has 0 saturated heterocycles. The minimum absolute atomic E-state index is 0.0968. The van der Waals surface area contributed by atoms with Crippen LogP contribution in [0.1, 0.15) is 16.3 Å². The normalized spacial score (nSPS) is 11.1. The number of aromatic nitrogens is 1. The Morgan fingerprint density at radius 3 is 2.70 bits per heavy atom. The van der Waals surface area contributed by atoms with Crippen LogP contribution in [0.4, 0.5) is 4.39 Å². The van der Waals surface area contributed by atoms with Gasteiger partial charge in [0.15, 0.2) is 0 Å². The van der Waals surface area contributed by atoms with Gasteiger partial charge in [0.1, 0.15) is 5.82 Å². The highest BCUT2D eigenvalue weighted by Crippen LogP contribution is 2.12. The van der Waals surface area contributed by atoms with Crippen molar-refractivity contribution in [1.82, 2.24) is 9.88 Å². The first-order chi connectivity index (χ1) is 9.45. The zero-order valence-electron chi connectivity index (χ0n) is 11.4. The van der Waals surface area contributed by atoms with E-state index in [0.29, 0.717) is 13.1 Å². The Kier molecular flexibility index (Phi) is 4.88. The zero-order chi connectivity index (χ0) is 14.7. The molecule has 0 aliphatic heterocycles. The minimum atomic E-state index is -1.79. The SMILES string of the molecule is Cc1nc(CN(C)Cc2ccc(F)c(B(O)O)c2)cs1. The van der Waals surface area contributed by atoms with Crippen LogP contribution >= 0.6 is 11.3 Å². The van der Waals surface area contributed by atoms with Gasteiger partial charge in [-0.3, -0.25) is 4.90 Å². The molecule has 1 aromatic heterocycles. The summed E-state index contributed by atoms with van der Waals surface area (Å²) in [5.74, 6) is -0.610. The van der Waals surface area contributed by atoms with Gasteiger partial charge in [-0.05, 0) is 25.6 Å². The lowest BCUT2D eigenvalue weighted by molar-refractivity contribution is 0.315. The Hall–Kier alpha value is -1.28. The molecule has 0 radical (unpaired) electrons. The van der Waals surface area contributed by atoms with Gasteiger partial charge in [0, 0.05) is 23.9 Å². The molecule has 2 N–H and O–H groups in total. The number of nitrogens with zero attached hydrogens (tertiary/aromatic N) is 2. The number of aryl methyl sites for hydroxylation is 1. The standard InChI is InChI=1S/C13H16BFN2O2S/c1-9-16-11(8-20-9)7-17(2)6-10-3-4-13(15)12(5-10)14(18)19/h3-5,8,18-19H,6-7H2,1-2H3. The van der Waals surface area contributed by atoms with Gasteiger partial charge < -0.3 is 10.0 Å². The van der Waals surface area contributed by atoms with Crippen LogP contribution in [-0.2, 0) is 13.1 Å². The molecule has 0 amide bonds. The summed E-state index contributed by atoms with van der Waals surface area (Å²) in [5.41, 5.74) is 1.73. The number of halogens is 1. The largest absolute Gasteiger partial charge is 0.491 e. The first-order valence-corrected chi connectivity index (χ1v) is 7.07. The van der Waals surface area contributed by atoms with Crippen molar-refractivity contribution in [2.24, 2.45) is 0 Å². The van der Waals surface area contributed by atoms with Crippen molar-refractivity contribution in [2.75, 3.05) is 7.05 Å². The molecule has 1 aromatic carbocycles. The van der Waals surface area contributed by atoms with Gasteiger partial charge in [0.25, 0.3) is 0 Å². The molecule has 0 aliphatic carbocycles. The maximum absolute atomic E-state index is 13.4. The Morgan fingerprint density at radius 2 is 2.10 bits per heavy atom. The van der Waals surface area contributed by atoms with Crippen molar-refractivity contribution in [3.63, 3.8) is 0 Å². The zero-order valence-corrected chi connectivity index (χ0v) is 12.2. The Morgan fingerprint density at radius 1 is 1.35 bits per heavy atom. The van der Waals surface area contributed by atoms with E-state index in [2.05, 4.69) is 4.98 Å². The van der Waals surface area contributed by atoms with E-state index in [1.54, 1.807) is 17.4 Å². The van der Waals surface area contributed by atoms with E-state index in [-0.39, 0.29) is 5.46 Å². The lowest BCUT2D eigenvalue weighted by Crippen LogP contribution is -2.33. The van der Waals surface area contributed by atoms with Crippen molar-refractivity contribution in [1.29, 1.82) is 0 Å². The molecule has 0 aliphatic rings. The van der Waals surface area contributed by atoms with E-state index in [1.165, 1.54) is 12.1 Å². The molecule has 0 fully saturated rings. The highest BCUT2D eigenvalue weighted by Gasteiger charge is 2.17. The van der Waals surface area contributed by atoms with Crippen LogP contribution in [0.3, 0.4) is 0 Å². The number of hydrogen-bond acceptors (Lipinski definition) is 5. The fraction of sp³-hybridized carbons (Fsp3) is 0.308. The smallest absolute Gasteiger partial charge is 0.423 e. The summed E-state index contributed by atoms with van der Waals surface area (Å²) in [5, 5.41) is 21.2. The van der Waals surface area contributed by atoms with Crippen molar-refractivity contribution < 1.29 is 14.4 Å². The first kappa shape index (κ1) is 15.1. The van der Waals surface area contributed by atoms with Crippen LogP contribution in [0.15, 0.2) is 23.6 Å². The summed E-state index contributed by atoms with van der Waals surface area (Å²) in [7, 11) is 0.147. The third kappa shape index (κ3) is 3.86. The molecule has 2 rings (SSSR count). The lowest BCUT2D eigenvalue weighted by Gasteiger charge is -2.16. The third-order valence-electron chi connectivity index (χ3n) is 2.89. The highest BCUT2D eigenvalue weighted by atomic mass is 32.1. The van der Waals surface area contributed by atoms with E-state index in [4.69, 9.17) is 10.0 Å². The number of thiazole rings is 1. The molecule has 0 atom stereocenters. The molecular weight excluding hydrogens is 278 g/mol. The molecule has 4 nitrogen and oxygen atoms in total. The van der Waals surface area contributed by atoms with E-state index in [1.807, 2.05) is 24.3 Å². The van der Waals surface area contributed by atoms with Gasteiger partial charge in [-0.2, -0.15) is 0 Å². The van der Waals surface area contributed by atoms with Gasteiger partial charge in [-0.15, -0.1) is 11.3 Å². The third-order valence-corrected chi connectivity index (χ3v) is 3.71. The van der Waals surface area contributed by atoms with Crippen LogP contribution in [0.2, 0.25) is 0 Å². The quantitative estimate of drug-likeness (QED) is 0.805. The van der Waals surface area contributed by atoms with Gasteiger partial charge >= 0.3 is 7.12 Å². The number of rotatable bonds is 5. The lowest BCUT2D eigenvalue weighted by atomic mass is 9.79. The van der Waals surface area contributed by atoms with Crippen molar-refractivity contribution in [3.05, 3.63) is 45.7 Å². The van der Waals surface area contributed by atoms with Gasteiger partial charge in [0.05, 0.1) is 10.7 Å². The highest BCUT2D eigenvalue weighted by molar-refractivity contribution is 7.09. The fourth-order valence-electron chi connectivity index (χ4n) is 2.01. The van der Waals surface area contributed by atoms with Crippen LogP contribution in [0.5, 0.6) is 0 Å². The maximum Gasteiger partial charge on any atom is 0.491 e. The van der Waals surface area contributed by atoms with Gasteiger partial charge in [-0.1, -0.05) is 12.1 Å².